The molecule has 7 nitrogen and oxygen atoms in total. The van der Waals surface area contributed by atoms with Gasteiger partial charge in [-0.2, -0.15) is 0 Å². The second-order valence-corrected chi connectivity index (χ2v) is 6.11. The molecule has 7 heteroatoms. The van der Waals surface area contributed by atoms with Crippen molar-refractivity contribution in [3.05, 3.63) is 41.8 Å². The van der Waals surface area contributed by atoms with E-state index in [1.54, 1.807) is 30.3 Å². The highest BCUT2D eigenvalue weighted by atomic mass is 16.5. The van der Waals surface area contributed by atoms with Gasteiger partial charge in [-0.05, 0) is 36.6 Å². The number of aromatic nitrogens is 1. The maximum absolute atomic E-state index is 11.9. The molecule has 134 valence electrons. The van der Waals surface area contributed by atoms with Crippen LogP contribution >= 0.6 is 0 Å². The number of carbonyl (C=O) groups is 2. The number of carbonyl (C=O) groups excluding carboxylic acids is 2. The lowest BCUT2D eigenvalue weighted by Crippen LogP contribution is -2.25. The van der Waals surface area contributed by atoms with Crippen molar-refractivity contribution in [2.24, 2.45) is 5.92 Å². The molecule has 1 aromatic carbocycles. The van der Waals surface area contributed by atoms with E-state index >= 15 is 0 Å². The Labute approximate surface area is 146 Å². The summed E-state index contributed by atoms with van der Waals surface area (Å²) in [5, 5.41) is 9.24. The fourth-order valence-corrected chi connectivity index (χ4v) is 2.05. The third-order valence-corrected chi connectivity index (χ3v) is 3.35. The third-order valence-electron chi connectivity index (χ3n) is 3.35. The minimum atomic E-state index is -0.254. The van der Waals surface area contributed by atoms with Gasteiger partial charge >= 0.3 is 0 Å². The van der Waals surface area contributed by atoms with Gasteiger partial charge in [0.15, 0.2) is 11.5 Å². The van der Waals surface area contributed by atoms with Crippen molar-refractivity contribution in [2.75, 3.05) is 11.9 Å². The van der Waals surface area contributed by atoms with Gasteiger partial charge in [0.2, 0.25) is 5.91 Å². The summed E-state index contributed by atoms with van der Waals surface area (Å²) in [6.07, 6.45) is 0.911. The van der Waals surface area contributed by atoms with E-state index in [1.165, 1.54) is 6.92 Å². The first-order valence-electron chi connectivity index (χ1n) is 8.18. The van der Waals surface area contributed by atoms with Gasteiger partial charge in [-0.15, -0.1) is 0 Å². The molecule has 2 N–H and O–H groups in total. The van der Waals surface area contributed by atoms with E-state index in [-0.39, 0.29) is 24.1 Å². The summed E-state index contributed by atoms with van der Waals surface area (Å²) in [5.74, 6) is 1.22. The van der Waals surface area contributed by atoms with Gasteiger partial charge in [0.25, 0.3) is 5.91 Å². The molecule has 0 atom stereocenters. The lowest BCUT2D eigenvalue weighted by Gasteiger charge is -2.05. The molecule has 0 radical (unpaired) electrons. The van der Waals surface area contributed by atoms with Gasteiger partial charge in [-0.25, -0.2) is 0 Å². The zero-order chi connectivity index (χ0) is 18.2. The maximum atomic E-state index is 11.9. The third kappa shape index (κ3) is 6.29. The Hall–Kier alpha value is -2.83. The van der Waals surface area contributed by atoms with Crippen molar-refractivity contribution in [1.29, 1.82) is 0 Å². The van der Waals surface area contributed by atoms with Crippen LogP contribution in [-0.2, 0) is 11.4 Å². The number of hydrogen-bond acceptors (Lipinski definition) is 5. The molecule has 2 amide bonds. The fraction of sp³-hybridized carbons (Fsp3) is 0.389. The highest BCUT2D eigenvalue weighted by molar-refractivity contribution is 5.92. The van der Waals surface area contributed by atoms with Crippen LogP contribution in [0.25, 0.3) is 0 Å². The Balaban J connectivity index is 1.82. The Morgan fingerprint density at radius 1 is 1.24 bits per heavy atom. The topological polar surface area (TPSA) is 93.5 Å². The molecular formula is C18H23N3O4. The van der Waals surface area contributed by atoms with Crippen molar-refractivity contribution in [2.45, 2.75) is 33.8 Å². The summed E-state index contributed by atoms with van der Waals surface area (Å²) in [6, 6.07) is 8.52. The van der Waals surface area contributed by atoms with Crippen molar-refractivity contribution in [3.63, 3.8) is 0 Å². The van der Waals surface area contributed by atoms with E-state index < -0.39 is 0 Å². The fourth-order valence-electron chi connectivity index (χ4n) is 2.05. The number of ether oxygens (including phenoxy) is 1. The van der Waals surface area contributed by atoms with Crippen LogP contribution in [0.1, 0.15) is 43.4 Å². The molecule has 0 fully saturated rings. The standard InChI is InChI=1S/C18H23N3O4/c1-12(2)8-9-19-18(23)17-10-16(25-21-17)11-24-15-6-4-14(5-7-15)20-13(3)22/h4-7,10,12H,8-9,11H2,1-3H3,(H,19,23)(H,20,22). The quantitative estimate of drug-likeness (QED) is 0.767. The van der Waals surface area contributed by atoms with Crippen LogP contribution in [0.3, 0.4) is 0 Å². The van der Waals surface area contributed by atoms with Gasteiger partial charge < -0.3 is 19.9 Å². The molecule has 2 aromatic rings. The molecule has 25 heavy (non-hydrogen) atoms. The first kappa shape index (κ1) is 18.5. The molecule has 0 aliphatic carbocycles. The van der Waals surface area contributed by atoms with Gasteiger partial charge in [0.1, 0.15) is 12.4 Å². The van der Waals surface area contributed by atoms with Crippen LogP contribution in [0.4, 0.5) is 5.69 Å². The summed E-state index contributed by atoms with van der Waals surface area (Å²) in [6.45, 7) is 6.41. The average Bonchev–Trinajstić information content (AvgIpc) is 3.02. The first-order valence-corrected chi connectivity index (χ1v) is 8.18. The lowest BCUT2D eigenvalue weighted by atomic mass is 10.1. The molecule has 1 aromatic heterocycles. The maximum Gasteiger partial charge on any atom is 0.273 e. The second-order valence-electron chi connectivity index (χ2n) is 6.11. The summed E-state index contributed by atoms with van der Waals surface area (Å²) in [4.78, 5) is 22.9. The number of nitrogens with zero attached hydrogens (tertiary/aromatic N) is 1. The number of benzene rings is 1. The minimum Gasteiger partial charge on any atom is -0.486 e. The van der Waals surface area contributed by atoms with Crippen LogP contribution in [0.15, 0.2) is 34.9 Å². The van der Waals surface area contributed by atoms with Gasteiger partial charge in [0, 0.05) is 25.2 Å². The van der Waals surface area contributed by atoms with E-state index in [9.17, 15) is 9.59 Å². The minimum absolute atomic E-state index is 0.130. The van der Waals surface area contributed by atoms with Crippen molar-refractivity contribution < 1.29 is 18.8 Å². The predicted molar refractivity (Wildman–Crippen MR) is 93.4 cm³/mol. The van der Waals surface area contributed by atoms with E-state index in [4.69, 9.17) is 9.26 Å². The van der Waals surface area contributed by atoms with Gasteiger partial charge in [-0.1, -0.05) is 19.0 Å². The molecular weight excluding hydrogens is 322 g/mol. The summed E-state index contributed by atoms with van der Waals surface area (Å²) in [7, 11) is 0. The van der Waals surface area contributed by atoms with E-state index in [2.05, 4.69) is 29.6 Å². The number of amides is 2. The molecule has 0 aliphatic rings. The van der Waals surface area contributed by atoms with Crippen LogP contribution in [-0.4, -0.2) is 23.5 Å². The van der Waals surface area contributed by atoms with Crippen molar-refractivity contribution >= 4 is 17.5 Å². The van der Waals surface area contributed by atoms with E-state index in [0.717, 1.165) is 6.42 Å². The Kier molecular flexibility index (Phi) is 6.56. The monoisotopic (exact) mass is 345 g/mol. The van der Waals surface area contributed by atoms with E-state index in [0.29, 0.717) is 29.7 Å². The van der Waals surface area contributed by atoms with Crippen LogP contribution in [0.5, 0.6) is 5.75 Å². The largest absolute Gasteiger partial charge is 0.486 e. The number of nitrogens with one attached hydrogen (secondary N) is 2. The number of rotatable bonds is 8. The summed E-state index contributed by atoms with van der Waals surface area (Å²) < 4.78 is 10.7. The van der Waals surface area contributed by atoms with Crippen molar-refractivity contribution in [1.82, 2.24) is 10.5 Å². The predicted octanol–water partition coefficient (Wildman–Crippen LogP) is 2.99. The number of anilines is 1. The summed E-state index contributed by atoms with van der Waals surface area (Å²) in [5.41, 5.74) is 0.934. The molecule has 1 heterocycles. The molecule has 0 spiro atoms. The van der Waals surface area contributed by atoms with Crippen LogP contribution < -0.4 is 15.4 Å². The Bertz CT molecular complexity index is 707. The van der Waals surface area contributed by atoms with E-state index in [1.807, 2.05) is 0 Å². The lowest BCUT2D eigenvalue weighted by molar-refractivity contribution is -0.114. The Morgan fingerprint density at radius 2 is 1.96 bits per heavy atom. The first-order chi connectivity index (χ1) is 11.9. The molecule has 0 bridgehead atoms. The van der Waals surface area contributed by atoms with Gasteiger partial charge in [0.05, 0.1) is 0 Å². The molecule has 2 rings (SSSR count). The number of hydrogen-bond donors (Lipinski definition) is 2. The molecule has 0 unspecified atom stereocenters. The Morgan fingerprint density at radius 3 is 2.60 bits per heavy atom. The zero-order valence-corrected chi connectivity index (χ0v) is 14.7. The normalized spacial score (nSPS) is 10.6. The highest BCUT2D eigenvalue weighted by Gasteiger charge is 2.12. The average molecular weight is 345 g/mol. The van der Waals surface area contributed by atoms with Crippen molar-refractivity contribution in [3.8, 4) is 5.75 Å². The molecule has 0 saturated heterocycles. The van der Waals surface area contributed by atoms with Crippen LogP contribution in [0.2, 0.25) is 0 Å². The smallest absolute Gasteiger partial charge is 0.273 e. The summed E-state index contributed by atoms with van der Waals surface area (Å²) >= 11 is 0. The highest BCUT2D eigenvalue weighted by Crippen LogP contribution is 2.17. The molecule has 0 saturated carbocycles. The van der Waals surface area contributed by atoms with Gasteiger partial charge in [-0.3, -0.25) is 9.59 Å². The zero-order valence-electron chi connectivity index (χ0n) is 14.7. The SMILES string of the molecule is CC(=O)Nc1ccc(OCc2cc(C(=O)NCCC(C)C)no2)cc1. The van der Waals surface area contributed by atoms with Crippen LogP contribution in [0, 0.1) is 5.92 Å². The second kappa shape index (κ2) is 8.86. The molecule has 0 aliphatic heterocycles.